The number of benzene rings is 1. The summed E-state index contributed by atoms with van der Waals surface area (Å²) in [6.45, 7) is 1.85. The molecule has 7 heteroatoms. The number of hydrogen-bond donors (Lipinski definition) is 1. The van der Waals surface area contributed by atoms with Gasteiger partial charge < -0.3 is 10.2 Å². The monoisotopic (exact) mass is 377 g/mol. The van der Waals surface area contributed by atoms with E-state index in [2.05, 4.69) is 10.3 Å². The molecule has 0 unspecified atom stereocenters. The van der Waals surface area contributed by atoms with E-state index in [1.54, 1.807) is 23.5 Å². The molecule has 0 aliphatic heterocycles. The Bertz CT molecular complexity index is 872. The molecule has 3 rings (SSSR count). The molecule has 0 spiro atoms. The highest BCUT2D eigenvalue weighted by molar-refractivity contribution is 7.17. The van der Waals surface area contributed by atoms with Gasteiger partial charge in [-0.2, -0.15) is 11.3 Å². The number of rotatable bonds is 4. The van der Waals surface area contributed by atoms with Crippen LogP contribution in [0.5, 0.6) is 0 Å². The Morgan fingerprint density at radius 3 is 2.75 bits per heavy atom. The van der Waals surface area contributed by atoms with Crippen molar-refractivity contribution in [1.29, 1.82) is 0 Å². The highest BCUT2D eigenvalue weighted by Gasteiger charge is 2.18. The number of anilines is 2. The van der Waals surface area contributed by atoms with Gasteiger partial charge in [-0.15, -0.1) is 11.3 Å². The van der Waals surface area contributed by atoms with Crippen LogP contribution in [0.1, 0.15) is 15.4 Å². The van der Waals surface area contributed by atoms with E-state index in [9.17, 15) is 4.79 Å². The van der Waals surface area contributed by atoms with Crippen molar-refractivity contribution in [3.63, 3.8) is 0 Å². The zero-order valence-electron chi connectivity index (χ0n) is 13.5. The second-order valence-corrected chi connectivity index (χ2v) is 7.67. The molecule has 2 heterocycles. The smallest absolute Gasteiger partial charge is 0.267 e. The maximum Gasteiger partial charge on any atom is 0.267 e. The van der Waals surface area contributed by atoms with E-state index in [1.165, 1.54) is 11.3 Å². The number of thiophene rings is 1. The largest absolute Gasteiger partial charge is 0.376 e. The second kappa shape index (κ2) is 6.93. The van der Waals surface area contributed by atoms with Gasteiger partial charge in [0, 0.05) is 30.1 Å². The SMILES string of the molecule is Cc1nc(-c2ccsc2)sc1C(=O)Nc1cc(Cl)ccc1N(C)C. The predicted molar refractivity (Wildman–Crippen MR) is 104 cm³/mol. The van der Waals surface area contributed by atoms with Crippen molar-refractivity contribution < 1.29 is 4.79 Å². The van der Waals surface area contributed by atoms with Crippen molar-refractivity contribution in [2.45, 2.75) is 6.92 Å². The number of aryl methyl sites for hydroxylation is 1. The maximum absolute atomic E-state index is 12.7. The zero-order valence-corrected chi connectivity index (χ0v) is 15.9. The van der Waals surface area contributed by atoms with Crippen LogP contribution in [0.25, 0.3) is 10.6 Å². The topological polar surface area (TPSA) is 45.2 Å². The average molecular weight is 378 g/mol. The molecule has 124 valence electrons. The van der Waals surface area contributed by atoms with Crippen molar-refractivity contribution >= 4 is 51.6 Å². The first-order valence-corrected chi connectivity index (χ1v) is 9.37. The lowest BCUT2D eigenvalue weighted by atomic mass is 10.2. The summed E-state index contributed by atoms with van der Waals surface area (Å²) in [7, 11) is 3.84. The molecule has 1 N–H and O–H groups in total. The predicted octanol–water partition coefficient (Wildman–Crippen LogP) is 5.15. The molecule has 1 amide bonds. The van der Waals surface area contributed by atoms with Crippen LogP contribution in [0.3, 0.4) is 0 Å². The Labute approximate surface area is 153 Å². The van der Waals surface area contributed by atoms with E-state index in [4.69, 9.17) is 11.6 Å². The molecule has 24 heavy (non-hydrogen) atoms. The van der Waals surface area contributed by atoms with E-state index < -0.39 is 0 Å². The van der Waals surface area contributed by atoms with Crippen molar-refractivity contribution in [3.05, 3.63) is 50.6 Å². The molecule has 0 radical (unpaired) electrons. The first-order chi connectivity index (χ1) is 11.5. The lowest BCUT2D eigenvalue weighted by molar-refractivity contribution is 0.103. The highest BCUT2D eigenvalue weighted by atomic mass is 35.5. The molecule has 0 saturated heterocycles. The van der Waals surface area contributed by atoms with E-state index in [0.717, 1.165) is 22.0 Å². The van der Waals surface area contributed by atoms with Gasteiger partial charge in [0.15, 0.2) is 0 Å². The van der Waals surface area contributed by atoms with Gasteiger partial charge in [0.25, 0.3) is 5.91 Å². The second-order valence-electron chi connectivity index (χ2n) is 5.46. The lowest BCUT2D eigenvalue weighted by Crippen LogP contribution is -2.16. The van der Waals surface area contributed by atoms with Crippen LogP contribution in [0.4, 0.5) is 11.4 Å². The van der Waals surface area contributed by atoms with Crippen molar-refractivity contribution in [2.24, 2.45) is 0 Å². The fourth-order valence-corrected chi connectivity index (χ4v) is 4.14. The summed E-state index contributed by atoms with van der Waals surface area (Å²) in [5.74, 6) is -0.170. The van der Waals surface area contributed by atoms with Crippen LogP contribution in [0.15, 0.2) is 35.0 Å². The highest BCUT2D eigenvalue weighted by Crippen LogP contribution is 2.32. The van der Waals surface area contributed by atoms with Gasteiger partial charge in [-0.3, -0.25) is 4.79 Å². The van der Waals surface area contributed by atoms with Gasteiger partial charge in [-0.1, -0.05) is 11.6 Å². The number of halogens is 1. The van der Waals surface area contributed by atoms with Crippen LogP contribution in [0, 0.1) is 6.92 Å². The van der Waals surface area contributed by atoms with Gasteiger partial charge in [-0.05, 0) is 36.6 Å². The van der Waals surface area contributed by atoms with Gasteiger partial charge in [-0.25, -0.2) is 4.98 Å². The van der Waals surface area contributed by atoms with E-state index in [-0.39, 0.29) is 5.91 Å². The van der Waals surface area contributed by atoms with E-state index in [0.29, 0.717) is 15.6 Å². The molecule has 0 atom stereocenters. The maximum atomic E-state index is 12.7. The summed E-state index contributed by atoms with van der Waals surface area (Å²) in [6, 6.07) is 7.45. The first kappa shape index (κ1) is 17.0. The summed E-state index contributed by atoms with van der Waals surface area (Å²) in [4.78, 5) is 19.8. The number of nitrogens with zero attached hydrogens (tertiary/aromatic N) is 2. The molecule has 0 fully saturated rings. The number of hydrogen-bond acceptors (Lipinski definition) is 5. The third kappa shape index (κ3) is 3.45. The van der Waals surface area contributed by atoms with Crippen LogP contribution in [-0.4, -0.2) is 25.0 Å². The lowest BCUT2D eigenvalue weighted by Gasteiger charge is -2.18. The normalized spacial score (nSPS) is 10.7. The van der Waals surface area contributed by atoms with Crippen LogP contribution < -0.4 is 10.2 Å². The minimum Gasteiger partial charge on any atom is -0.376 e. The van der Waals surface area contributed by atoms with Crippen LogP contribution >= 0.6 is 34.3 Å². The van der Waals surface area contributed by atoms with Gasteiger partial charge in [0.05, 0.1) is 17.1 Å². The number of carbonyl (C=O) groups is 1. The Hall–Kier alpha value is -1.89. The number of amides is 1. The van der Waals surface area contributed by atoms with Crippen molar-refractivity contribution in [3.8, 4) is 10.6 Å². The molecule has 4 nitrogen and oxygen atoms in total. The Morgan fingerprint density at radius 2 is 2.08 bits per heavy atom. The minimum atomic E-state index is -0.170. The standard InChI is InChI=1S/C17H16ClN3OS2/c1-10-15(24-17(19-10)11-6-7-23-9-11)16(22)20-13-8-12(18)4-5-14(13)21(2)3/h4-9H,1-3H3,(H,20,22). The third-order valence-corrected chi connectivity index (χ3v) is 5.58. The summed E-state index contributed by atoms with van der Waals surface area (Å²) in [5, 5.41) is 8.43. The molecule has 1 aromatic carbocycles. The van der Waals surface area contributed by atoms with E-state index in [1.807, 2.05) is 48.8 Å². The Morgan fingerprint density at radius 1 is 1.29 bits per heavy atom. The van der Waals surface area contributed by atoms with Crippen molar-refractivity contribution in [1.82, 2.24) is 4.98 Å². The fraction of sp³-hybridized carbons (Fsp3) is 0.176. The number of nitrogens with one attached hydrogen (secondary N) is 1. The molecule has 0 aliphatic rings. The Kier molecular flexibility index (Phi) is 4.89. The molecular weight excluding hydrogens is 362 g/mol. The molecular formula is C17H16ClN3OS2. The van der Waals surface area contributed by atoms with Gasteiger partial charge in [0.1, 0.15) is 9.88 Å². The molecule has 0 saturated carbocycles. The number of thiazole rings is 1. The van der Waals surface area contributed by atoms with Crippen molar-refractivity contribution in [2.75, 3.05) is 24.3 Å². The van der Waals surface area contributed by atoms with E-state index >= 15 is 0 Å². The van der Waals surface area contributed by atoms with Gasteiger partial charge >= 0.3 is 0 Å². The fourth-order valence-electron chi connectivity index (χ4n) is 2.29. The summed E-state index contributed by atoms with van der Waals surface area (Å²) in [5.41, 5.74) is 3.35. The zero-order chi connectivity index (χ0) is 17.3. The van der Waals surface area contributed by atoms with Gasteiger partial charge in [0.2, 0.25) is 0 Å². The molecule has 0 bridgehead atoms. The molecule has 3 aromatic rings. The third-order valence-electron chi connectivity index (χ3n) is 3.46. The first-order valence-electron chi connectivity index (χ1n) is 7.24. The van der Waals surface area contributed by atoms with Crippen LogP contribution in [-0.2, 0) is 0 Å². The Balaban J connectivity index is 1.90. The average Bonchev–Trinajstić information content (AvgIpc) is 3.16. The molecule has 2 aromatic heterocycles. The summed E-state index contributed by atoms with van der Waals surface area (Å²) >= 11 is 9.09. The number of carbonyl (C=O) groups excluding carboxylic acids is 1. The quantitative estimate of drug-likeness (QED) is 0.683. The summed E-state index contributed by atoms with van der Waals surface area (Å²) in [6.07, 6.45) is 0. The number of aromatic nitrogens is 1. The minimum absolute atomic E-state index is 0.170. The van der Waals surface area contributed by atoms with Crippen LogP contribution in [0.2, 0.25) is 5.02 Å². The molecule has 0 aliphatic carbocycles. The summed E-state index contributed by atoms with van der Waals surface area (Å²) < 4.78 is 0.